The van der Waals surface area contributed by atoms with Gasteiger partial charge in [-0.1, -0.05) is 37.1 Å². The first kappa shape index (κ1) is 12.9. The molecule has 0 amide bonds. The van der Waals surface area contributed by atoms with Crippen LogP contribution in [0, 0.1) is 0 Å². The van der Waals surface area contributed by atoms with Gasteiger partial charge < -0.3 is 0 Å². The maximum Gasteiger partial charge on any atom is 0.153 e. The first-order valence-corrected chi connectivity index (χ1v) is 7.42. The highest BCUT2D eigenvalue weighted by Gasteiger charge is 2.44. The van der Waals surface area contributed by atoms with Crippen molar-refractivity contribution < 1.29 is 4.79 Å². The number of hydrogen-bond acceptors (Lipinski definition) is 2. The van der Waals surface area contributed by atoms with Crippen molar-refractivity contribution in [2.24, 2.45) is 0 Å². The average Bonchev–Trinajstić information content (AvgIpc) is 2.86. The molecule has 1 aromatic rings. The Morgan fingerprint density at radius 3 is 2.58 bits per heavy atom. The molecule has 0 spiro atoms. The first-order valence-electron chi connectivity index (χ1n) is 7.42. The fourth-order valence-corrected chi connectivity index (χ4v) is 3.89. The molecule has 3 rings (SSSR count). The van der Waals surface area contributed by atoms with Gasteiger partial charge in [-0.05, 0) is 50.4 Å². The quantitative estimate of drug-likeness (QED) is 0.826. The van der Waals surface area contributed by atoms with Gasteiger partial charge in [0.05, 0.1) is 5.54 Å². The zero-order valence-corrected chi connectivity index (χ0v) is 12.0. The lowest BCUT2D eigenvalue weighted by molar-refractivity contribution is -0.130. The Bertz CT molecular complexity index is 486. The summed E-state index contributed by atoms with van der Waals surface area (Å²) in [4.78, 5) is 15.0. The Kier molecular flexibility index (Phi) is 3.22. The van der Waals surface area contributed by atoms with E-state index in [1.807, 2.05) is 0 Å². The Morgan fingerprint density at radius 2 is 1.95 bits per heavy atom. The molecule has 0 bridgehead atoms. The van der Waals surface area contributed by atoms with E-state index < -0.39 is 0 Å². The van der Waals surface area contributed by atoms with Crippen LogP contribution in [0.3, 0.4) is 0 Å². The molecule has 1 aromatic carbocycles. The van der Waals surface area contributed by atoms with Crippen LogP contribution < -0.4 is 0 Å². The minimum Gasteiger partial charge on any atom is -0.298 e. The van der Waals surface area contributed by atoms with E-state index in [1.54, 1.807) is 0 Å². The SMILES string of the molecule is CN(C)C1(C(=O)CC2Cc3ccccc32)CCCC1. The Morgan fingerprint density at radius 1 is 1.26 bits per heavy atom. The Balaban J connectivity index is 1.73. The van der Waals surface area contributed by atoms with Crippen molar-refractivity contribution in [3.05, 3.63) is 35.4 Å². The number of rotatable bonds is 4. The lowest BCUT2D eigenvalue weighted by atomic mass is 9.72. The summed E-state index contributed by atoms with van der Waals surface area (Å²) in [6.07, 6.45) is 6.32. The van der Waals surface area contributed by atoms with E-state index in [-0.39, 0.29) is 5.54 Å². The van der Waals surface area contributed by atoms with Crippen molar-refractivity contribution in [2.45, 2.75) is 50.0 Å². The van der Waals surface area contributed by atoms with Crippen LogP contribution in [0.15, 0.2) is 24.3 Å². The molecule has 2 aliphatic carbocycles. The standard InChI is InChI=1S/C17H23NO/c1-18(2)17(9-5-6-10-17)16(19)12-14-11-13-7-3-4-8-15(13)14/h3-4,7-8,14H,5-6,9-12H2,1-2H3. The zero-order valence-electron chi connectivity index (χ0n) is 12.0. The predicted molar refractivity (Wildman–Crippen MR) is 77.4 cm³/mol. The van der Waals surface area contributed by atoms with Crippen molar-refractivity contribution in [1.29, 1.82) is 0 Å². The maximum atomic E-state index is 12.8. The topological polar surface area (TPSA) is 20.3 Å². The molecule has 1 fully saturated rings. The fraction of sp³-hybridized carbons (Fsp3) is 0.588. The van der Waals surface area contributed by atoms with Gasteiger partial charge in [0.1, 0.15) is 0 Å². The highest BCUT2D eigenvalue weighted by atomic mass is 16.1. The second kappa shape index (κ2) is 4.75. The number of fused-ring (bicyclic) bond motifs is 1. The summed E-state index contributed by atoms with van der Waals surface area (Å²) in [5.74, 6) is 0.940. The number of carbonyl (C=O) groups excluding carboxylic acids is 1. The lowest BCUT2D eigenvalue weighted by Crippen LogP contribution is -2.49. The van der Waals surface area contributed by atoms with Crippen molar-refractivity contribution in [3.63, 3.8) is 0 Å². The van der Waals surface area contributed by atoms with Crippen LogP contribution >= 0.6 is 0 Å². The molecule has 0 radical (unpaired) electrons. The van der Waals surface area contributed by atoms with E-state index in [0.29, 0.717) is 11.7 Å². The second-order valence-corrected chi connectivity index (χ2v) is 6.36. The summed E-state index contributed by atoms with van der Waals surface area (Å²) in [7, 11) is 4.13. The van der Waals surface area contributed by atoms with Crippen LogP contribution in [0.2, 0.25) is 0 Å². The molecule has 19 heavy (non-hydrogen) atoms. The minimum absolute atomic E-state index is 0.162. The molecule has 0 aromatic heterocycles. The van der Waals surface area contributed by atoms with Crippen LogP contribution in [0.5, 0.6) is 0 Å². The van der Waals surface area contributed by atoms with Gasteiger partial charge in [-0.25, -0.2) is 0 Å². The summed E-state index contributed by atoms with van der Waals surface area (Å²) in [5.41, 5.74) is 2.68. The van der Waals surface area contributed by atoms with E-state index in [0.717, 1.165) is 25.7 Å². The molecule has 0 aliphatic heterocycles. The average molecular weight is 257 g/mol. The van der Waals surface area contributed by atoms with Crippen molar-refractivity contribution >= 4 is 5.78 Å². The number of likely N-dealkylation sites (N-methyl/N-ethyl adjacent to an activating group) is 1. The molecular formula is C17H23NO. The van der Waals surface area contributed by atoms with Crippen LogP contribution in [0.25, 0.3) is 0 Å². The number of hydrogen-bond donors (Lipinski definition) is 0. The third-order valence-corrected chi connectivity index (χ3v) is 5.20. The normalized spacial score (nSPS) is 24.1. The molecule has 1 atom stereocenters. The van der Waals surface area contributed by atoms with E-state index >= 15 is 0 Å². The molecule has 0 heterocycles. The molecule has 2 heteroatoms. The maximum absolute atomic E-state index is 12.8. The smallest absolute Gasteiger partial charge is 0.153 e. The lowest BCUT2D eigenvalue weighted by Gasteiger charge is -2.38. The van der Waals surface area contributed by atoms with Gasteiger partial charge in [0.15, 0.2) is 5.78 Å². The third kappa shape index (κ3) is 2.02. The van der Waals surface area contributed by atoms with Crippen molar-refractivity contribution in [3.8, 4) is 0 Å². The molecule has 1 unspecified atom stereocenters. The van der Waals surface area contributed by atoms with Gasteiger partial charge >= 0.3 is 0 Å². The zero-order chi connectivity index (χ0) is 13.5. The number of nitrogens with zero attached hydrogens (tertiary/aromatic N) is 1. The van der Waals surface area contributed by atoms with Crippen LogP contribution in [-0.2, 0) is 11.2 Å². The highest BCUT2D eigenvalue weighted by molar-refractivity contribution is 5.89. The van der Waals surface area contributed by atoms with Crippen LogP contribution in [0.4, 0.5) is 0 Å². The molecule has 2 nitrogen and oxygen atoms in total. The monoisotopic (exact) mass is 257 g/mol. The van der Waals surface area contributed by atoms with E-state index in [2.05, 4.69) is 43.3 Å². The molecule has 2 aliphatic rings. The van der Waals surface area contributed by atoms with E-state index in [4.69, 9.17) is 0 Å². The molecule has 0 saturated heterocycles. The number of carbonyl (C=O) groups is 1. The summed E-state index contributed by atoms with van der Waals surface area (Å²) in [6, 6.07) is 8.56. The predicted octanol–water partition coefficient (Wildman–Crippen LogP) is 3.16. The second-order valence-electron chi connectivity index (χ2n) is 6.36. The number of ketones is 1. The third-order valence-electron chi connectivity index (χ3n) is 5.20. The first-order chi connectivity index (χ1) is 9.13. The van der Waals surface area contributed by atoms with Gasteiger partial charge in [-0.2, -0.15) is 0 Å². The summed E-state index contributed by atoms with van der Waals surface area (Å²) in [6.45, 7) is 0. The van der Waals surface area contributed by atoms with Gasteiger partial charge in [0.25, 0.3) is 0 Å². The molecular weight excluding hydrogens is 234 g/mol. The van der Waals surface area contributed by atoms with Crippen LogP contribution in [0.1, 0.15) is 49.1 Å². The minimum atomic E-state index is -0.162. The van der Waals surface area contributed by atoms with Gasteiger partial charge in [-0.3, -0.25) is 9.69 Å². The van der Waals surface area contributed by atoms with E-state index in [1.165, 1.54) is 24.0 Å². The Labute approximate surface area is 115 Å². The highest BCUT2D eigenvalue weighted by Crippen LogP contribution is 2.42. The number of benzene rings is 1. The van der Waals surface area contributed by atoms with Gasteiger partial charge in [0, 0.05) is 6.42 Å². The molecule has 0 N–H and O–H groups in total. The fourth-order valence-electron chi connectivity index (χ4n) is 3.89. The van der Waals surface area contributed by atoms with Gasteiger partial charge in [-0.15, -0.1) is 0 Å². The summed E-state index contributed by atoms with van der Waals surface area (Å²) < 4.78 is 0. The largest absolute Gasteiger partial charge is 0.298 e. The number of Topliss-reactive ketones (excluding diaryl/α,β-unsaturated/α-hetero) is 1. The van der Waals surface area contributed by atoms with E-state index in [9.17, 15) is 4.79 Å². The molecule has 102 valence electrons. The van der Waals surface area contributed by atoms with Crippen molar-refractivity contribution in [1.82, 2.24) is 4.90 Å². The molecule has 1 saturated carbocycles. The Hall–Kier alpha value is -1.15. The van der Waals surface area contributed by atoms with Crippen molar-refractivity contribution in [2.75, 3.05) is 14.1 Å². The summed E-state index contributed by atoms with van der Waals surface area (Å²) in [5, 5.41) is 0. The van der Waals surface area contributed by atoms with Gasteiger partial charge in [0.2, 0.25) is 0 Å². The summed E-state index contributed by atoms with van der Waals surface area (Å²) >= 11 is 0. The van der Waals surface area contributed by atoms with Crippen LogP contribution in [-0.4, -0.2) is 30.3 Å².